The summed E-state index contributed by atoms with van der Waals surface area (Å²) in [4.78, 5) is 18.4. The van der Waals surface area contributed by atoms with Crippen molar-refractivity contribution in [1.82, 2.24) is 15.5 Å². The molecule has 134 valence electrons. The molecule has 23 heavy (non-hydrogen) atoms. The summed E-state index contributed by atoms with van der Waals surface area (Å²) in [5.41, 5.74) is 0.0489. The zero-order chi connectivity index (χ0) is 17.5. The Morgan fingerprint density at radius 3 is 2.61 bits per heavy atom. The van der Waals surface area contributed by atoms with Crippen LogP contribution in [0.3, 0.4) is 0 Å². The van der Waals surface area contributed by atoms with Crippen LogP contribution in [-0.4, -0.2) is 62.2 Å². The first-order valence-corrected chi connectivity index (χ1v) is 8.67. The summed E-state index contributed by atoms with van der Waals surface area (Å²) in [6.07, 6.45) is 1.60. The first-order valence-electron chi connectivity index (χ1n) is 8.67. The molecule has 1 fully saturated rings. The maximum atomic E-state index is 11.8. The van der Waals surface area contributed by atoms with Crippen LogP contribution in [0.5, 0.6) is 0 Å². The van der Waals surface area contributed by atoms with E-state index in [0.717, 1.165) is 32.0 Å². The van der Waals surface area contributed by atoms with Crippen molar-refractivity contribution in [3.8, 4) is 0 Å². The lowest BCUT2D eigenvalue weighted by atomic mass is 9.89. The van der Waals surface area contributed by atoms with Gasteiger partial charge in [-0.1, -0.05) is 27.7 Å². The zero-order valence-electron chi connectivity index (χ0n) is 15.6. The summed E-state index contributed by atoms with van der Waals surface area (Å²) in [6.45, 7) is 13.4. The minimum atomic E-state index is 0.0489. The van der Waals surface area contributed by atoms with Crippen molar-refractivity contribution in [2.45, 2.75) is 59.6 Å². The topological polar surface area (TPSA) is 66.0 Å². The Balaban J connectivity index is 2.61. The summed E-state index contributed by atoms with van der Waals surface area (Å²) in [7, 11) is 1.73. The van der Waals surface area contributed by atoms with Crippen molar-refractivity contribution in [3.05, 3.63) is 0 Å². The third-order valence-corrected chi connectivity index (χ3v) is 4.19. The van der Waals surface area contributed by atoms with Crippen molar-refractivity contribution in [2.24, 2.45) is 10.4 Å². The van der Waals surface area contributed by atoms with Crippen LogP contribution in [0, 0.1) is 5.41 Å². The monoisotopic (exact) mass is 326 g/mol. The molecule has 2 unspecified atom stereocenters. The van der Waals surface area contributed by atoms with E-state index in [2.05, 4.69) is 43.3 Å². The van der Waals surface area contributed by atoms with Crippen LogP contribution in [0.1, 0.15) is 47.5 Å². The van der Waals surface area contributed by atoms with Gasteiger partial charge >= 0.3 is 0 Å². The molecule has 1 rings (SSSR count). The Morgan fingerprint density at radius 2 is 2.09 bits per heavy atom. The summed E-state index contributed by atoms with van der Waals surface area (Å²) in [5.74, 6) is 1.03. The van der Waals surface area contributed by atoms with Crippen LogP contribution >= 0.6 is 0 Å². The second-order valence-electron chi connectivity index (χ2n) is 7.13. The molecule has 0 aromatic rings. The second kappa shape index (κ2) is 9.11. The minimum absolute atomic E-state index is 0.0489. The van der Waals surface area contributed by atoms with E-state index in [1.54, 1.807) is 7.11 Å². The van der Waals surface area contributed by atoms with E-state index >= 15 is 0 Å². The third-order valence-electron chi connectivity index (χ3n) is 4.19. The summed E-state index contributed by atoms with van der Waals surface area (Å²) in [6, 6.07) is 0.263. The van der Waals surface area contributed by atoms with Crippen LogP contribution in [0.25, 0.3) is 0 Å². The molecular formula is C17H34N4O2. The number of nitrogens with one attached hydrogen (secondary N) is 2. The first-order chi connectivity index (χ1) is 10.8. The average molecular weight is 326 g/mol. The Hall–Kier alpha value is -1.30. The van der Waals surface area contributed by atoms with Gasteiger partial charge in [-0.15, -0.1) is 0 Å². The quantitative estimate of drug-likeness (QED) is 0.575. The number of methoxy groups -OCH3 is 1. The van der Waals surface area contributed by atoms with E-state index in [-0.39, 0.29) is 23.5 Å². The average Bonchev–Trinajstić information content (AvgIpc) is 2.94. The van der Waals surface area contributed by atoms with E-state index in [0.29, 0.717) is 13.0 Å². The maximum absolute atomic E-state index is 11.8. The van der Waals surface area contributed by atoms with Crippen molar-refractivity contribution in [2.75, 3.05) is 33.3 Å². The molecule has 1 aliphatic rings. The molecule has 2 N–H and O–H groups in total. The van der Waals surface area contributed by atoms with Gasteiger partial charge in [-0.25, -0.2) is 0 Å². The number of likely N-dealkylation sites (tertiary alicyclic amines) is 1. The number of carbonyl (C=O) groups excluding carboxylic acids is 1. The second-order valence-corrected chi connectivity index (χ2v) is 7.13. The standard InChI is InChI=1S/C17H34N4O2/c1-7-15(22)21-10-9-13(12-21)20-16(18-8-2)19-11-14(23-6)17(3,4)5/h13-14H,7-12H2,1-6H3,(H2,18,19,20). The number of amides is 1. The van der Waals surface area contributed by atoms with Crippen LogP contribution in [0.15, 0.2) is 4.99 Å². The molecule has 0 aromatic heterocycles. The van der Waals surface area contributed by atoms with Crippen molar-refractivity contribution >= 4 is 11.9 Å². The smallest absolute Gasteiger partial charge is 0.222 e. The molecule has 1 aliphatic heterocycles. The van der Waals surface area contributed by atoms with Gasteiger partial charge in [0.15, 0.2) is 5.96 Å². The number of hydrogen-bond acceptors (Lipinski definition) is 3. The molecule has 1 amide bonds. The molecule has 0 aliphatic carbocycles. The largest absolute Gasteiger partial charge is 0.379 e. The minimum Gasteiger partial charge on any atom is -0.379 e. The van der Waals surface area contributed by atoms with E-state index in [4.69, 9.17) is 4.74 Å². The van der Waals surface area contributed by atoms with Gasteiger partial charge in [0.25, 0.3) is 0 Å². The lowest BCUT2D eigenvalue weighted by Crippen LogP contribution is -2.45. The highest BCUT2D eigenvalue weighted by molar-refractivity contribution is 5.80. The van der Waals surface area contributed by atoms with Crippen LogP contribution < -0.4 is 10.6 Å². The van der Waals surface area contributed by atoms with E-state index in [1.807, 2.05) is 11.8 Å². The molecule has 2 atom stereocenters. The number of ether oxygens (including phenoxy) is 1. The van der Waals surface area contributed by atoms with Gasteiger partial charge in [0, 0.05) is 39.2 Å². The molecule has 0 bridgehead atoms. The number of rotatable bonds is 6. The molecule has 0 spiro atoms. The molecule has 0 radical (unpaired) electrons. The lowest BCUT2D eigenvalue weighted by molar-refractivity contribution is -0.129. The third kappa shape index (κ3) is 6.37. The molecule has 6 nitrogen and oxygen atoms in total. The number of guanidine groups is 1. The van der Waals surface area contributed by atoms with Gasteiger partial charge in [0.1, 0.15) is 0 Å². The summed E-state index contributed by atoms with van der Waals surface area (Å²) >= 11 is 0. The molecule has 0 aromatic carbocycles. The van der Waals surface area contributed by atoms with Gasteiger partial charge in [-0.05, 0) is 18.8 Å². The van der Waals surface area contributed by atoms with Crippen LogP contribution in [0.2, 0.25) is 0 Å². The van der Waals surface area contributed by atoms with Crippen molar-refractivity contribution in [1.29, 1.82) is 0 Å². The van der Waals surface area contributed by atoms with E-state index in [9.17, 15) is 4.79 Å². The SMILES string of the molecule is CCNC(=NCC(OC)C(C)(C)C)NC1CCN(C(=O)CC)C1. The fourth-order valence-electron chi connectivity index (χ4n) is 2.72. The summed E-state index contributed by atoms with van der Waals surface area (Å²) < 4.78 is 5.56. The molecule has 0 saturated carbocycles. The Bertz CT molecular complexity index is 404. The van der Waals surface area contributed by atoms with E-state index < -0.39 is 0 Å². The molecule has 1 heterocycles. The highest BCUT2D eigenvalue weighted by Gasteiger charge is 2.27. The van der Waals surface area contributed by atoms with Crippen molar-refractivity contribution in [3.63, 3.8) is 0 Å². The summed E-state index contributed by atoms with van der Waals surface area (Å²) in [5, 5.41) is 6.72. The zero-order valence-corrected chi connectivity index (χ0v) is 15.6. The van der Waals surface area contributed by atoms with Gasteiger partial charge in [0.05, 0.1) is 12.6 Å². The highest BCUT2D eigenvalue weighted by atomic mass is 16.5. The van der Waals surface area contributed by atoms with Gasteiger partial charge in [-0.2, -0.15) is 0 Å². The predicted molar refractivity (Wildman–Crippen MR) is 94.6 cm³/mol. The molecule has 1 saturated heterocycles. The molecule has 6 heteroatoms. The van der Waals surface area contributed by atoms with E-state index in [1.165, 1.54) is 0 Å². The Morgan fingerprint density at radius 1 is 1.39 bits per heavy atom. The van der Waals surface area contributed by atoms with Gasteiger partial charge in [0.2, 0.25) is 5.91 Å². The fourth-order valence-corrected chi connectivity index (χ4v) is 2.72. The normalized spacial score (nSPS) is 20.5. The number of carbonyl (C=O) groups is 1. The lowest BCUT2D eigenvalue weighted by Gasteiger charge is -2.28. The maximum Gasteiger partial charge on any atom is 0.222 e. The number of hydrogen-bond donors (Lipinski definition) is 2. The Labute approximate surface area is 141 Å². The van der Waals surface area contributed by atoms with Crippen LogP contribution in [0.4, 0.5) is 0 Å². The fraction of sp³-hybridized carbons (Fsp3) is 0.882. The van der Waals surface area contributed by atoms with Gasteiger partial charge in [-0.3, -0.25) is 9.79 Å². The Kier molecular flexibility index (Phi) is 7.82. The first kappa shape index (κ1) is 19.7. The number of nitrogens with zero attached hydrogens (tertiary/aromatic N) is 2. The van der Waals surface area contributed by atoms with Crippen molar-refractivity contribution < 1.29 is 9.53 Å². The number of aliphatic imine (C=N–C) groups is 1. The molecular weight excluding hydrogens is 292 g/mol. The van der Waals surface area contributed by atoms with Crippen LogP contribution in [-0.2, 0) is 9.53 Å². The van der Waals surface area contributed by atoms with Gasteiger partial charge < -0.3 is 20.3 Å². The predicted octanol–water partition coefficient (Wildman–Crippen LogP) is 1.61. The highest BCUT2D eigenvalue weighted by Crippen LogP contribution is 2.21.